The lowest BCUT2D eigenvalue weighted by Crippen LogP contribution is -2.32. The van der Waals surface area contributed by atoms with Crippen molar-refractivity contribution in [1.29, 1.82) is 0 Å². The van der Waals surface area contributed by atoms with Gasteiger partial charge in [-0.1, -0.05) is 38.3 Å². The summed E-state index contributed by atoms with van der Waals surface area (Å²) in [6.45, 7) is 3.18. The number of anilines is 2. The summed E-state index contributed by atoms with van der Waals surface area (Å²) in [5.41, 5.74) is 13.0. The maximum atomic E-state index is 6.14. The van der Waals surface area contributed by atoms with Gasteiger partial charge in [0.05, 0.1) is 6.04 Å². The Bertz CT molecular complexity index is 1070. The Morgan fingerprint density at radius 2 is 1.97 bits per heavy atom. The van der Waals surface area contributed by atoms with Crippen LogP contribution in [0.5, 0.6) is 0 Å². The minimum atomic E-state index is 0.173. The molecule has 4 N–H and O–H groups in total. The number of aromatic nitrogens is 3. The van der Waals surface area contributed by atoms with Crippen molar-refractivity contribution in [3.63, 3.8) is 0 Å². The third-order valence-corrected chi connectivity index (χ3v) is 6.97. The van der Waals surface area contributed by atoms with Crippen molar-refractivity contribution in [2.24, 2.45) is 0 Å². The number of hydrogen-bond donors (Lipinski definition) is 3. The molecule has 6 heteroatoms. The first-order chi connectivity index (χ1) is 15.1. The van der Waals surface area contributed by atoms with Crippen LogP contribution in [0.25, 0.3) is 11.2 Å². The van der Waals surface area contributed by atoms with Gasteiger partial charge in [0.25, 0.3) is 0 Å². The van der Waals surface area contributed by atoms with E-state index in [1.807, 2.05) is 6.07 Å². The molecule has 1 aliphatic heterocycles. The zero-order chi connectivity index (χ0) is 21.4. The molecule has 0 bridgehead atoms. The molecule has 1 unspecified atom stereocenters. The highest BCUT2D eigenvalue weighted by Crippen LogP contribution is 2.37. The van der Waals surface area contributed by atoms with Crippen LogP contribution in [0.15, 0.2) is 24.3 Å². The number of nitrogens with two attached hydrogens (primary N) is 1. The number of nitrogens with zero attached hydrogens (tertiary/aromatic N) is 3. The quantitative estimate of drug-likeness (QED) is 0.527. The zero-order valence-corrected chi connectivity index (χ0v) is 18.7. The lowest BCUT2D eigenvalue weighted by Gasteiger charge is -2.31. The van der Waals surface area contributed by atoms with Gasteiger partial charge in [0, 0.05) is 30.3 Å². The highest BCUT2D eigenvalue weighted by Gasteiger charge is 2.26. The van der Waals surface area contributed by atoms with E-state index < -0.39 is 0 Å². The number of aromatic amines is 1. The molecule has 0 saturated heterocycles. The summed E-state index contributed by atoms with van der Waals surface area (Å²) in [6, 6.07) is 9.80. The van der Waals surface area contributed by atoms with Gasteiger partial charge < -0.3 is 16.0 Å². The van der Waals surface area contributed by atoms with E-state index in [0.29, 0.717) is 5.82 Å². The lowest BCUT2D eigenvalue weighted by molar-refractivity contribution is 0.184. The summed E-state index contributed by atoms with van der Waals surface area (Å²) in [5.74, 6) is 1.53. The minimum Gasteiger partial charge on any atom is -0.384 e. The highest BCUT2D eigenvalue weighted by atomic mass is 15.1. The summed E-state index contributed by atoms with van der Waals surface area (Å²) in [4.78, 5) is 15.2. The molecule has 1 aliphatic carbocycles. The molecule has 1 atom stereocenters. The fraction of sp³-hybridized carbons (Fsp3) is 0.520. The van der Waals surface area contributed by atoms with Crippen molar-refractivity contribution in [3.05, 3.63) is 46.8 Å². The van der Waals surface area contributed by atoms with Gasteiger partial charge in [0.2, 0.25) is 0 Å². The van der Waals surface area contributed by atoms with E-state index >= 15 is 0 Å². The van der Waals surface area contributed by atoms with E-state index in [-0.39, 0.29) is 6.04 Å². The summed E-state index contributed by atoms with van der Waals surface area (Å²) >= 11 is 0. The van der Waals surface area contributed by atoms with E-state index in [9.17, 15) is 0 Å². The molecule has 6 nitrogen and oxygen atoms in total. The topological polar surface area (TPSA) is 82.9 Å². The van der Waals surface area contributed by atoms with Gasteiger partial charge in [0.1, 0.15) is 17.2 Å². The van der Waals surface area contributed by atoms with Crippen LogP contribution in [0.1, 0.15) is 74.0 Å². The lowest BCUT2D eigenvalue weighted by atomic mass is 9.94. The average Bonchev–Trinajstić information content (AvgIpc) is 3.37. The van der Waals surface area contributed by atoms with Gasteiger partial charge in [-0.3, -0.25) is 4.90 Å². The largest absolute Gasteiger partial charge is 0.384 e. The number of fused-ring (bicyclic) bond motifs is 2. The third kappa shape index (κ3) is 4.13. The number of H-pyrrole nitrogens is 1. The summed E-state index contributed by atoms with van der Waals surface area (Å²) in [5, 5.41) is 3.70. The zero-order valence-electron chi connectivity index (χ0n) is 18.7. The van der Waals surface area contributed by atoms with Crippen molar-refractivity contribution in [2.45, 2.75) is 76.9 Å². The molecule has 3 aromatic rings. The molecule has 31 heavy (non-hydrogen) atoms. The van der Waals surface area contributed by atoms with Crippen LogP contribution in [0.4, 0.5) is 11.5 Å². The summed E-state index contributed by atoms with van der Waals surface area (Å²) in [7, 11) is 2.28. The predicted octanol–water partition coefficient (Wildman–Crippen LogP) is 4.97. The van der Waals surface area contributed by atoms with Crippen molar-refractivity contribution < 1.29 is 0 Å². The molecule has 164 valence electrons. The number of benzene rings is 1. The molecule has 1 fully saturated rings. The molecule has 0 spiro atoms. The van der Waals surface area contributed by atoms with Crippen LogP contribution in [-0.2, 0) is 19.4 Å². The first-order valence-corrected chi connectivity index (χ1v) is 11.8. The summed E-state index contributed by atoms with van der Waals surface area (Å²) < 4.78 is 0. The van der Waals surface area contributed by atoms with E-state index in [4.69, 9.17) is 10.7 Å². The van der Waals surface area contributed by atoms with Crippen LogP contribution in [0.3, 0.4) is 0 Å². The van der Waals surface area contributed by atoms with Gasteiger partial charge in [-0.2, -0.15) is 0 Å². The second-order valence-electron chi connectivity index (χ2n) is 9.37. The fourth-order valence-corrected chi connectivity index (χ4v) is 5.34. The maximum Gasteiger partial charge on any atom is 0.160 e. The van der Waals surface area contributed by atoms with Gasteiger partial charge in [-0.05, 0) is 56.0 Å². The van der Waals surface area contributed by atoms with Crippen molar-refractivity contribution in [3.8, 4) is 0 Å². The Morgan fingerprint density at radius 1 is 1.13 bits per heavy atom. The molecule has 1 aromatic carbocycles. The molecule has 2 aromatic heterocycles. The van der Waals surface area contributed by atoms with Crippen LogP contribution in [0, 0.1) is 0 Å². The Morgan fingerprint density at radius 3 is 2.77 bits per heavy atom. The van der Waals surface area contributed by atoms with E-state index in [1.165, 1.54) is 48.9 Å². The van der Waals surface area contributed by atoms with Crippen LogP contribution < -0.4 is 11.1 Å². The van der Waals surface area contributed by atoms with E-state index in [1.54, 1.807) is 0 Å². The summed E-state index contributed by atoms with van der Waals surface area (Å²) in [6.07, 6.45) is 9.76. The molecule has 3 heterocycles. The standard InChI is InChI=1S/C25H34N6/c1-3-7-23-29-24-19(14-22(26)28-25(24)30-23)21-13-17-12-16(10-11-20(17)27-21)15-31(2)18-8-5-4-6-9-18/h10-12,14,18,21,27H,3-9,13,15H2,1-2H3,(H3,26,28,29,30). The smallest absolute Gasteiger partial charge is 0.160 e. The minimum absolute atomic E-state index is 0.173. The number of imidazole rings is 1. The second-order valence-corrected chi connectivity index (χ2v) is 9.37. The Labute approximate surface area is 184 Å². The van der Waals surface area contributed by atoms with Gasteiger partial charge in [-0.25, -0.2) is 9.97 Å². The Kier molecular flexibility index (Phi) is 5.57. The van der Waals surface area contributed by atoms with E-state index in [0.717, 1.165) is 54.4 Å². The van der Waals surface area contributed by atoms with Crippen LogP contribution in [0.2, 0.25) is 0 Å². The highest BCUT2D eigenvalue weighted by molar-refractivity contribution is 5.79. The SMILES string of the molecule is CCCc1nc2c(C3Cc4cc(CN(C)C5CCCCC5)ccc4N3)cc(N)nc2[nH]1. The number of hydrogen-bond acceptors (Lipinski definition) is 5. The van der Waals surface area contributed by atoms with Crippen molar-refractivity contribution in [1.82, 2.24) is 19.9 Å². The molecule has 1 saturated carbocycles. The monoisotopic (exact) mass is 418 g/mol. The molecular weight excluding hydrogens is 384 g/mol. The third-order valence-electron chi connectivity index (χ3n) is 6.97. The normalized spacial score (nSPS) is 19.1. The van der Waals surface area contributed by atoms with Crippen molar-refractivity contribution in [2.75, 3.05) is 18.1 Å². The fourth-order valence-electron chi connectivity index (χ4n) is 5.34. The predicted molar refractivity (Wildman–Crippen MR) is 127 cm³/mol. The average molecular weight is 419 g/mol. The first kappa shape index (κ1) is 20.3. The molecule has 2 aliphatic rings. The number of aryl methyl sites for hydroxylation is 1. The molecule has 0 radical (unpaired) electrons. The second kappa shape index (κ2) is 8.50. The molecule has 0 amide bonds. The van der Waals surface area contributed by atoms with Gasteiger partial charge in [0.15, 0.2) is 5.65 Å². The number of nitrogen functional groups attached to an aromatic ring is 1. The first-order valence-electron chi connectivity index (χ1n) is 11.8. The van der Waals surface area contributed by atoms with Gasteiger partial charge in [-0.15, -0.1) is 0 Å². The Balaban J connectivity index is 1.36. The van der Waals surface area contributed by atoms with Crippen LogP contribution in [-0.4, -0.2) is 32.9 Å². The molecular formula is C25H34N6. The van der Waals surface area contributed by atoms with Gasteiger partial charge >= 0.3 is 0 Å². The Hall–Kier alpha value is -2.60. The number of rotatable bonds is 6. The molecule has 5 rings (SSSR count). The van der Waals surface area contributed by atoms with Crippen LogP contribution >= 0.6 is 0 Å². The van der Waals surface area contributed by atoms with E-state index in [2.05, 4.69) is 52.4 Å². The number of nitrogens with one attached hydrogen (secondary N) is 2. The number of pyridine rings is 1. The van der Waals surface area contributed by atoms with Crippen molar-refractivity contribution >= 4 is 22.7 Å². The maximum absolute atomic E-state index is 6.14.